The number of methoxy groups -OCH3 is 2. The van der Waals surface area contributed by atoms with Gasteiger partial charge in [-0.3, -0.25) is 0 Å². The Bertz CT molecular complexity index is 1240. The first-order valence-corrected chi connectivity index (χ1v) is 9.73. The van der Waals surface area contributed by atoms with E-state index in [1.54, 1.807) is 20.3 Å². The van der Waals surface area contributed by atoms with Crippen molar-refractivity contribution >= 4 is 5.82 Å². The standard InChI is InChI=1S/C26H21N3O2/c1-30-21-12-20(13-22(14-21)31-2)23-15-25(29-26(28)24(23)16-27)19-10-8-18(9-11-19)17-6-4-3-5-7-17/h3-15H,1-2H3,(H2,28,29). The Morgan fingerprint density at radius 1 is 0.742 bits per heavy atom. The normalized spacial score (nSPS) is 10.4. The third kappa shape index (κ3) is 4.05. The number of rotatable bonds is 5. The van der Waals surface area contributed by atoms with Crippen LogP contribution in [0.3, 0.4) is 0 Å². The minimum Gasteiger partial charge on any atom is -0.497 e. The second-order valence-corrected chi connectivity index (χ2v) is 6.97. The first-order valence-electron chi connectivity index (χ1n) is 9.73. The minimum absolute atomic E-state index is 0.184. The number of anilines is 1. The summed E-state index contributed by atoms with van der Waals surface area (Å²) in [6, 6.07) is 27.8. The highest BCUT2D eigenvalue weighted by Gasteiger charge is 2.15. The van der Waals surface area contributed by atoms with Crippen molar-refractivity contribution < 1.29 is 9.47 Å². The Morgan fingerprint density at radius 2 is 1.32 bits per heavy atom. The summed E-state index contributed by atoms with van der Waals surface area (Å²) < 4.78 is 10.8. The Morgan fingerprint density at radius 3 is 1.90 bits per heavy atom. The van der Waals surface area contributed by atoms with Crippen molar-refractivity contribution in [3.05, 3.63) is 84.4 Å². The topological polar surface area (TPSA) is 81.2 Å². The van der Waals surface area contributed by atoms with Gasteiger partial charge in [0.25, 0.3) is 0 Å². The van der Waals surface area contributed by atoms with Crippen molar-refractivity contribution in [1.29, 1.82) is 5.26 Å². The quantitative estimate of drug-likeness (QED) is 0.469. The summed E-state index contributed by atoms with van der Waals surface area (Å²) in [6.07, 6.45) is 0. The molecule has 0 fully saturated rings. The van der Waals surface area contributed by atoms with Gasteiger partial charge in [0.05, 0.1) is 19.9 Å². The molecule has 5 heteroatoms. The van der Waals surface area contributed by atoms with Crippen molar-refractivity contribution in [1.82, 2.24) is 4.98 Å². The van der Waals surface area contributed by atoms with Crippen molar-refractivity contribution in [2.45, 2.75) is 0 Å². The first kappa shape index (κ1) is 20.0. The lowest BCUT2D eigenvalue weighted by molar-refractivity contribution is 0.394. The molecule has 1 aromatic heterocycles. The van der Waals surface area contributed by atoms with Crippen LogP contribution in [0.4, 0.5) is 5.82 Å². The summed E-state index contributed by atoms with van der Waals surface area (Å²) >= 11 is 0. The number of nitrogen functional groups attached to an aromatic ring is 1. The molecule has 4 rings (SSSR count). The average molecular weight is 407 g/mol. The van der Waals surface area contributed by atoms with E-state index >= 15 is 0 Å². The Kier molecular flexibility index (Phi) is 5.55. The lowest BCUT2D eigenvalue weighted by Gasteiger charge is -2.13. The molecule has 0 aliphatic carbocycles. The second kappa shape index (κ2) is 8.60. The van der Waals surface area contributed by atoms with Gasteiger partial charge in [0.1, 0.15) is 28.9 Å². The smallest absolute Gasteiger partial charge is 0.142 e. The Labute approximate surface area is 181 Å². The Hall–Kier alpha value is -4.30. The van der Waals surface area contributed by atoms with E-state index in [0.717, 1.165) is 22.3 Å². The van der Waals surface area contributed by atoms with Crippen LogP contribution in [-0.4, -0.2) is 19.2 Å². The molecule has 0 spiro atoms. The van der Waals surface area contributed by atoms with Gasteiger partial charge in [-0.1, -0.05) is 54.6 Å². The number of benzene rings is 3. The van der Waals surface area contributed by atoms with Crippen molar-refractivity contribution in [3.63, 3.8) is 0 Å². The number of aromatic nitrogens is 1. The van der Waals surface area contributed by atoms with E-state index in [1.165, 1.54) is 0 Å². The maximum absolute atomic E-state index is 9.70. The van der Waals surface area contributed by atoms with Crippen LogP contribution in [0.25, 0.3) is 33.5 Å². The van der Waals surface area contributed by atoms with Gasteiger partial charge < -0.3 is 15.2 Å². The number of nitriles is 1. The van der Waals surface area contributed by atoms with Crippen LogP contribution >= 0.6 is 0 Å². The largest absolute Gasteiger partial charge is 0.497 e. The number of hydrogen-bond donors (Lipinski definition) is 1. The first-order chi connectivity index (χ1) is 15.1. The zero-order chi connectivity index (χ0) is 21.8. The molecule has 5 nitrogen and oxygen atoms in total. The molecule has 0 bridgehead atoms. The summed E-state index contributed by atoms with van der Waals surface area (Å²) in [4.78, 5) is 4.48. The zero-order valence-corrected chi connectivity index (χ0v) is 17.3. The van der Waals surface area contributed by atoms with E-state index in [-0.39, 0.29) is 5.82 Å². The van der Waals surface area contributed by atoms with Crippen molar-refractivity contribution in [3.8, 4) is 51.1 Å². The number of nitrogens with two attached hydrogens (primary N) is 1. The van der Waals surface area contributed by atoms with E-state index in [9.17, 15) is 5.26 Å². The van der Waals surface area contributed by atoms with Gasteiger partial charge in [0, 0.05) is 17.2 Å². The highest BCUT2D eigenvalue weighted by Crippen LogP contribution is 2.35. The molecule has 0 radical (unpaired) electrons. The van der Waals surface area contributed by atoms with E-state index in [4.69, 9.17) is 15.2 Å². The molecule has 3 aromatic carbocycles. The maximum atomic E-state index is 9.70. The molecular weight excluding hydrogens is 386 g/mol. The fourth-order valence-corrected chi connectivity index (χ4v) is 3.48. The van der Waals surface area contributed by atoms with Gasteiger partial charge in [-0.25, -0.2) is 4.98 Å². The third-order valence-electron chi connectivity index (χ3n) is 5.11. The van der Waals surface area contributed by atoms with Crippen molar-refractivity contribution in [2.24, 2.45) is 0 Å². The van der Waals surface area contributed by atoms with Crippen molar-refractivity contribution in [2.75, 3.05) is 20.0 Å². The van der Waals surface area contributed by atoms with Crippen LogP contribution in [0.2, 0.25) is 0 Å². The second-order valence-electron chi connectivity index (χ2n) is 6.97. The van der Waals surface area contributed by atoms with E-state index in [0.29, 0.717) is 28.3 Å². The maximum Gasteiger partial charge on any atom is 0.142 e. The van der Waals surface area contributed by atoms with Crippen LogP contribution in [0.15, 0.2) is 78.9 Å². The molecule has 2 N–H and O–H groups in total. The molecule has 31 heavy (non-hydrogen) atoms. The van der Waals surface area contributed by atoms with Crippen LogP contribution in [-0.2, 0) is 0 Å². The molecule has 152 valence electrons. The monoisotopic (exact) mass is 407 g/mol. The highest BCUT2D eigenvalue weighted by molar-refractivity contribution is 5.81. The van der Waals surface area contributed by atoms with E-state index in [2.05, 4.69) is 35.3 Å². The van der Waals surface area contributed by atoms with Gasteiger partial charge >= 0.3 is 0 Å². The summed E-state index contributed by atoms with van der Waals surface area (Å²) in [5.41, 5.74) is 11.8. The van der Waals surface area contributed by atoms with E-state index < -0.39 is 0 Å². The zero-order valence-electron chi connectivity index (χ0n) is 17.3. The predicted molar refractivity (Wildman–Crippen MR) is 123 cm³/mol. The van der Waals surface area contributed by atoms with Gasteiger partial charge in [0.15, 0.2) is 0 Å². The molecule has 0 saturated heterocycles. The lowest BCUT2D eigenvalue weighted by atomic mass is 9.97. The van der Waals surface area contributed by atoms with Crippen LogP contribution < -0.4 is 15.2 Å². The third-order valence-corrected chi connectivity index (χ3v) is 5.11. The molecule has 0 aliphatic rings. The lowest BCUT2D eigenvalue weighted by Crippen LogP contribution is -2.00. The molecule has 0 amide bonds. The molecule has 0 aliphatic heterocycles. The SMILES string of the molecule is COc1cc(OC)cc(-c2cc(-c3ccc(-c4ccccc4)cc3)nc(N)c2C#N)c1. The fourth-order valence-electron chi connectivity index (χ4n) is 3.48. The molecule has 0 unspecified atom stereocenters. The van der Waals surface area contributed by atoms with Gasteiger partial charge in [-0.2, -0.15) is 5.26 Å². The fraction of sp³-hybridized carbons (Fsp3) is 0.0769. The molecule has 4 aromatic rings. The average Bonchev–Trinajstić information content (AvgIpc) is 2.83. The minimum atomic E-state index is 0.184. The molecular formula is C26H21N3O2. The Balaban J connectivity index is 1.81. The highest BCUT2D eigenvalue weighted by atomic mass is 16.5. The summed E-state index contributed by atoms with van der Waals surface area (Å²) in [5, 5.41) is 9.70. The molecule has 1 heterocycles. The summed E-state index contributed by atoms with van der Waals surface area (Å²) in [7, 11) is 3.18. The van der Waals surface area contributed by atoms with Gasteiger partial charge in [-0.15, -0.1) is 0 Å². The van der Waals surface area contributed by atoms with E-state index in [1.807, 2.05) is 48.5 Å². The number of pyridine rings is 1. The van der Waals surface area contributed by atoms with Gasteiger partial charge in [-0.05, 0) is 34.9 Å². The van der Waals surface area contributed by atoms with Crippen LogP contribution in [0, 0.1) is 11.3 Å². The number of hydrogen-bond acceptors (Lipinski definition) is 5. The summed E-state index contributed by atoms with van der Waals surface area (Å²) in [5.74, 6) is 1.44. The summed E-state index contributed by atoms with van der Waals surface area (Å²) in [6.45, 7) is 0. The van der Waals surface area contributed by atoms with Crippen LogP contribution in [0.5, 0.6) is 11.5 Å². The van der Waals surface area contributed by atoms with Gasteiger partial charge in [0.2, 0.25) is 0 Å². The van der Waals surface area contributed by atoms with Crippen LogP contribution in [0.1, 0.15) is 5.56 Å². The number of nitrogens with zero attached hydrogens (tertiary/aromatic N) is 2. The number of ether oxygens (including phenoxy) is 2. The predicted octanol–water partition coefficient (Wildman–Crippen LogP) is 5.55. The molecule has 0 saturated carbocycles. The molecule has 0 atom stereocenters.